The van der Waals surface area contributed by atoms with Gasteiger partial charge in [0.1, 0.15) is 5.01 Å². The fourth-order valence-corrected chi connectivity index (χ4v) is 2.71. The second-order valence-electron chi connectivity index (χ2n) is 4.36. The monoisotopic (exact) mass is 270 g/mol. The van der Waals surface area contributed by atoms with E-state index in [0.29, 0.717) is 6.54 Å². The lowest BCUT2D eigenvalue weighted by molar-refractivity contribution is 1.08. The molecule has 0 aliphatic rings. The van der Waals surface area contributed by atoms with E-state index < -0.39 is 0 Å². The first-order valence-corrected chi connectivity index (χ1v) is 6.89. The minimum Gasteiger partial charge on any atom is -0.397 e. The normalized spacial score (nSPS) is 10.8. The number of aromatic nitrogens is 2. The van der Waals surface area contributed by atoms with Gasteiger partial charge in [-0.05, 0) is 19.1 Å². The molecule has 0 spiro atoms. The Bertz CT molecular complexity index is 720. The van der Waals surface area contributed by atoms with Gasteiger partial charge in [-0.2, -0.15) is 0 Å². The van der Waals surface area contributed by atoms with Crippen LogP contribution >= 0.6 is 11.3 Å². The summed E-state index contributed by atoms with van der Waals surface area (Å²) in [6.07, 6.45) is 3.58. The van der Waals surface area contributed by atoms with Crippen molar-refractivity contribution in [1.29, 1.82) is 0 Å². The third kappa shape index (κ3) is 2.37. The lowest BCUT2D eigenvalue weighted by Crippen LogP contribution is -2.02. The predicted molar refractivity (Wildman–Crippen MR) is 80.3 cm³/mol. The molecular formula is C14H14N4S. The third-order valence-electron chi connectivity index (χ3n) is 2.96. The van der Waals surface area contributed by atoms with Crippen LogP contribution in [-0.4, -0.2) is 9.97 Å². The molecular weight excluding hydrogens is 256 g/mol. The van der Waals surface area contributed by atoms with Gasteiger partial charge in [0.2, 0.25) is 0 Å². The Morgan fingerprint density at radius 1 is 1.32 bits per heavy atom. The van der Waals surface area contributed by atoms with E-state index in [2.05, 4.69) is 15.3 Å². The number of aryl methyl sites for hydroxylation is 1. The Kier molecular flexibility index (Phi) is 3.05. The number of benzene rings is 1. The molecule has 3 aromatic rings. The molecule has 3 N–H and O–H groups in total. The van der Waals surface area contributed by atoms with E-state index >= 15 is 0 Å². The van der Waals surface area contributed by atoms with E-state index in [9.17, 15) is 0 Å². The van der Waals surface area contributed by atoms with Crippen LogP contribution in [0.25, 0.3) is 10.8 Å². The van der Waals surface area contributed by atoms with Crippen molar-refractivity contribution in [2.45, 2.75) is 13.5 Å². The van der Waals surface area contributed by atoms with Crippen molar-refractivity contribution < 1.29 is 0 Å². The zero-order valence-electron chi connectivity index (χ0n) is 10.6. The number of nitrogens with two attached hydrogens (primary N) is 1. The first kappa shape index (κ1) is 11.9. The molecule has 0 bridgehead atoms. The lowest BCUT2D eigenvalue weighted by atomic mass is 10.1. The quantitative estimate of drug-likeness (QED) is 0.717. The van der Waals surface area contributed by atoms with E-state index in [4.69, 9.17) is 5.73 Å². The van der Waals surface area contributed by atoms with Gasteiger partial charge in [-0.25, -0.2) is 4.98 Å². The van der Waals surface area contributed by atoms with Crippen molar-refractivity contribution in [1.82, 2.24) is 9.97 Å². The maximum atomic E-state index is 6.18. The number of rotatable bonds is 3. The van der Waals surface area contributed by atoms with Crippen LogP contribution in [0, 0.1) is 6.92 Å². The van der Waals surface area contributed by atoms with Gasteiger partial charge in [0.25, 0.3) is 0 Å². The predicted octanol–water partition coefficient (Wildman–Crippen LogP) is 3.19. The summed E-state index contributed by atoms with van der Waals surface area (Å²) in [5.74, 6) is 0. The van der Waals surface area contributed by atoms with Gasteiger partial charge >= 0.3 is 0 Å². The minimum atomic E-state index is 0.694. The van der Waals surface area contributed by atoms with Crippen molar-refractivity contribution in [2.75, 3.05) is 11.1 Å². The number of thiazole rings is 1. The Hall–Kier alpha value is -2.14. The van der Waals surface area contributed by atoms with Gasteiger partial charge in [-0.3, -0.25) is 4.98 Å². The summed E-state index contributed by atoms with van der Waals surface area (Å²) in [7, 11) is 0. The molecule has 4 nitrogen and oxygen atoms in total. The summed E-state index contributed by atoms with van der Waals surface area (Å²) < 4.78 is 0. The summed E-state index contributed by atoms with van der Waals surface area (Å²) in [6, 6.07) is 5.94. The average molecular weight is 270 g/mol. The van der Waals surface area contributed by atoms with Gasteiger partial charge in [0.05, 0.1) is 17.9 Å². The van der Waals surface area contributed by atoms with E-state index in [1.54, 1.807) is 17.5 Å². The Morgan fingerprint density at radius 3 is 3.00 bits per heavy atom. The molecule has 0 fully saturated rings. The fourth-order valence-electron chi connectivity index (χ4n) is 2.00. The van der Waals surface area contributed by atoms with Crippen LogP contribution in [0.5, 0.6) is 0 Å². The highest BCUT2D eigenvalue weighted by Crippen LogP contribution is 2.28. The van der Waals surface area contributed by atoms with Gasteiger partial charge in [-0.15, -0.1) is 11.3 Å². The molecule has 3 rings (SSSR count). The van der Waals surface area contributed by atoms with Crippen LogP contribution in [0.1, 0.15) is 10.7 Å². The molecule has 0 saturated heterocycles. The van der Waals surface area contributed by atoms with Gasteiger partial charge in [0, 0.05) is 34.2 Å². The molecule has 0 radical (unpaired) electrons. The summed E-state index contributed by atoms with van der Waals surface area (Å²) in [5, 5.41) is 8.52. The molecule has 19 heavy (non-hydrogen) atoms. The third-order valence-corrected chi connectivity index (χ3v) is 3.93. The maximum Gasteiger partial charge on any atom is 0.112 e. The number of nitrogens with one attached hydrogen (secondary N) is 1. The standard InChI is InChI=1S/C14H14N4S/c1-9-8-19-13(18-9)7-17-12-3-2-10-6-16-5-4-11(10)14(12)15/h2-6,8,17H,7,15H2,1H3. The number of pyridine rings is 1. The van der Waals surface area contributed by atoms with Crippen LogP contribution < -0.4 is 11.1 Å². The lowest BCUT2D eigenvalue weighted by Gasteiger charge is -2.10. The summed E-state index contributed by atoms with van der Waals surface area (Å²) in [6.45, 7) is 2.69. The molecule has 2 aromatic heterocycles. The highest BCUT2D eigenvalue weighted by Gasteiger charge is 2.05. The van der Waals surface area contributed by atoms with Crippen molar-refractivity contribution in [3.05, 3.63) is 46.7 Å². The topological polar surface area (TPSA) is 63.8 Å². The van der Waals surface area contributed by atoms with Gasteiger partial charge in [0.15, 0.2) is 0 Å². The molecule has 1 aromatic carbocycles. The largest absolute Gasteiger partial charge is 0.397 e. The highest BCUT2D eigenvalue weighted by atomic mass is 32.1. The molecule has 0 saturated carbocycles. The molecule has 2 heterocycles. The number of anilines is 2. The minimum absolute atomic E-state index is 0.694. The zero-order valence-corrected chi connectivity index (χ0v) is 11.4. The Balaban J connectivity index is 1.87. The first-order valence-electron chi connectivity index (χ1n) is 6.01. The molecule has 5 heteroatoms. The second-order valence-corrected chi connectivity index (χ2v) is 5.30. The molecule has 0 aliphatic carbocycles. The van der Waals surface area contributed by atoms with Crippen LogP contribution in [0.3, 0.4) is 0 Å². The molecule has 0 amide bonds. The summed E-state index contributed by atoms with van der Waals surface area (Å²) in [5.41, 5.74) is 8.93. The molecule has 0 unspecified atom stereocenters. The Morgan fingerprint density at radius 2 is 2.21 bits per heavy atom. The molecule has 0 atom stereocenters. The SMILES string of the molecule is Cc1csc(CNc2ccc3cnccc3c2N)n1. The van der Waals surface area contributed by atoms with E-state index in [1.165, 1.54) is 0 Å². The summed E-state index contributed by atoms with van der Waals surface area (Å²) >= 11 is 1.65. The van der Waals surface area contributed by atoms with Gasteiger partial charge in [-0.1, -0.05) is 6.07 Å². The first-order chi connectivity index (χ1) is 9.24. The number of fused-ring (bicyclic) bond motifs is 1. The number of nitrogen functional groups attached to an aromatic ring is 1. The smallest absolute Gasteiger partial charge is 0.112 e. The molecule has 0 aliphatic heterocycles. The van der Waals surface area contributed by atoms with E-state index in [0.717, 1.165) is 32.8 Å². The number of nitrogens with zero attached hydrogens (tertiary/aromatic N) is 2. The van der Waals surface area contributed by atoms with Crippen molar-refractivity contribution >= 4 is 33.5 Å². The average Bonchev–Trinajstić information content (AvgIpc) is 2.84. The summed E-state index contributed by atoms with van der Waals surface area (Å²) in [4.78, 5) is 8.52. The fraction of sp³-hybridized carbons (Fsp3) is 0.143. The second kappa shape index (κ2) is 4.85. The van der Waals surface area contributed by atoms with Crippen molar-refractivity contribution in [3.8, 4) is 0 Å². The number of hydrogen-bond donors (Lipinski definition) is 2. The van der Waals surface area contributed by atoms with Crippen LogP contribution in [0.15, 0.2) is 36.0 Å². The molecule has 96 valence electrons. The van der Waals surface area contributed by atoms with E-state index in [1.807, 2.05) is 36.7 Å². The van der Waals surface area contributed by atoms with Gasteiger partial charge < -0.3 is 11.1 Å². The number of hydrogen-bond acceptors (Lipinski definition) is 5. The van der Waals surface area contributed by atoms with Crippen LogP contribution in [0.2, 0.25) is 0 Å². The van der Waals surface area contributed by atoms with Crippen molar-refractivity contribution in [3.63, 3.8) is 0 Å². The maximum absolute atomic E-state index is 6.18. The van der Waals surface area contributed by atoms with Crippen molar-refractivity contribution in [2.24, 2.45) is 0 Å². The highest BCUT2D eigenvalue weighted by molar-refractivity contribution is 7.09. The zero-order chi connectivity index (χ0) is 13.2. The van der Waals surface area contributed by atoms with Crippen LogP contribution in [0.4, 0.5) is 11.4 Å². The Labute approximate surface area is 115 Å². The van der Waals surface area contributed by atoms with E-state index in [-0.39, 0.29) is 0 Å². The van der Waals surface area contributed by atoms with Crippen LogP contribution in [-0.2, 0) is 6.54 Å².